The fraction of sp³-hybridized carbons (Fsp3) is 0.261. The van der Waals surface area contributed by atoms with Crippen molar-refractivity contribution in [2.24, 2.45) is 0 Å². The van der Waals surface area contributed by atoms with Crippen LogP contribution >= 0.6 is 50.9 Å². The lowest BCUT2D eigenvalue weighted by Crippen LogP contribution is -2.15. The van der Waals surface area contributed by atoms with Crippen LogP contribution in [-0.2, 0) is 17.9 Å². The van der Waals surface area contributed by atoms with E-state index in [0.717, 1.165) is 15.8 Å². The van der Waals surface area contributed by atoms with Gasteiger partial charge in [0.15, 0.2) is 11.0 Å². The fourth-order valence-electron chi connectivity index (χ4n) is 3.00. The van der Waals surface area contributed by atoms with Crippen molar-refractivity contribution >= 4 is 62.5 Å². The van der Waals surface area contributed by atoms with Crippen LogP contribution in [0.25, 0.3) is 0 Å². The maximum absolute atomic E-state index is 12.4. The van der Waals surface area contributed by atoms with E-state index in [1.165, 1.54) is 11.8 Å². The minimum absolute atomic E-state index is 0.138. The van der Waals surface area contributed by atoms with Gasteiger partial charge in [-0.3, -0.25) is 9.36 Å². The molecule has 0 saturated heterocycles. The second-order valence-corrected chi connectivity index (χ2v) is 10.1. The van der Waals surface area contributed by atoms with Gasteiger partial charge in [0.1, 0.15) is 12.4 Å². The number of allylic oxidation sites excluding steroid dienone is 1. The zero-order chi connectivity index (χ0) is 24.0. The summed E-state index contributed by atoms with van der Waals surface area (Å²) in [6.45, 7) is 8.79. The molecule has 1 N–H and O–H groups in total. The van der Waals surface area contributed by atoms with Crippen LogP contribution in [0.3, 0.4) is 0 Å². The Labute approximate surface area is 215 Å². The third kappa shape index (κ3) is 6.99. The van der Waals surface area contributed by atoms with Crippen molar-refractivity contribution < 1.29 is 9.53 Å². The number of amides is 1. The highest BCUT2D eigenvalue weighted by Crippen LogP contribution is 2.30. The summed E-state index contributed by atoms with van der Waals surface area (Å²) in [5, 5.41) is 12.8. The van der Waals surface area contributed by atoms with Crippen LogP contribution in [0.15, 0.2) is 58.7 Å². The van der Waals surface area contributed by atoms with Gasteiger partial charge in [0.2, 0.25) is 5.91 Å². The molecular formula is C23H23BrCl2N4O2S. The van der Waals surface area contributed by atoms with Crippen molar-refractivity contribution in [3.05, 3.63) is 75.0 Å². The zero-order valence-corrected chi connectivity index (χ0v) is 22.1. The minimum Gasteiger partial charge on any atom is -0.485 e. The summed E-state index contributed by atoms with van der Waals surface area (Å²) in [4.78, 5) is 12.4. The molecule has 174 valence electrons. The number of nitrogens with one attached hydrogen (secondary N) is 1. The van der Waals surface area contributed by atoms with Crippen molar-refractivity contribution in [3.63, 3.8) is 0 Å². The van der Waals surface area contributed by atoms with Crippen molar-refractivity contribution in [3.8, 4) is 5.75 Å². The lowest BCUT2D eigenvalue weighted by Gasteiger charge is -2.15. The highest BCUT2D eigenvalue weighted by Gasteiger charge is 2.16. The Morgan fingerprint density at radius 1 is 1.27 bits per heavy atom. The lowest BCUT2D eigenvalue weighted by atomic mass is 10.0. The average molecular weight is 570 g/mol. The summed E-state index contributed by atoms with van der Waals surface area (Å²) in [7, 11) is 0. The molecule has 1 amide bonds. The number of rotatable bonds is 10. The van der Waals surface area contributed by atoms with Gasteiger partial charge in [-0.2, -0.15) is 0 Å². The van der Waals surface area contributed by atoms with E-state index in [-0.39, 0.29) is 18.3 Å². The molecule has 1 aromatic heterocycles. The predicted octanol–water partition coefficient (Wildman–Crippen LogP) is 6.97. The highest BCUT2D eigenvalue weighted by atomic mass is 79.9. The standard InChI is InChI=1S/C23H23BrCl2N4O2S/c1-4-9-30-21(12-32-20-8-5-15(24)10-17(20)14(2)3)28-29-23(30)33-13-22(31)27-19-7-6-16(25)11-18(19)26/h4-8,10-11,14H,1,9,12-13H2,2-3H3,(H,27,31). The number of aromatic nitrogens is 3. The minimum atomic E-state index is -0.216. The monoisotopic (exact) mass is 568 g/mol. The van der Waals surface area contributed by atoms with Crippen molar-refractivity contribution in [2.75, 3.05) is 11.1 Å². The molecule has 0 saturated carbocycles. The summed E-state index contributed by atoms with van der Waals surface area (Å²) in [5.74, 6) is 1.68. The van der Waals surface area contributed by atoms with Gasteiger partial charge < -0.3 is 10.1 Å². The first-order chi connectivity index (χ1) is 15.8. The van der Waals surface area contributed by atoms with E-state index in [4.69, 9.17) is 27.9 Å². The molecule has 0 spiro atoms. The van der Waals surface area contributed by atoms with Gasteiger partial charge in [0.05, 0.1) is 16.5 Å². The molecule has 0 aliphatic carbocycles. The molecule has 0 radical (unpaired) electrons. The van der Waals surface area contributed by atoms with Gasteiger partial charge in [0, 0.05) is 16.0 Å². The average Bonchev–Trinajstić information content (AvgIpc) is 3.15. The van der Waals surface area contributed by atoms with Crippen LogP contribution < -0.4 is 10.1 Å². The number of halogens is 3. The highest BCUT2D eigenvalue weighted by molar-refractivity contribution is 9.10. The number of carbonyl (C=O) groups excluding carboxylic acids is 1. The number of thioether (sulfide) groups is 1. The van der Waals surface area contributed by atoms with Crippen LogP contribution in [0.2, 0.25) is 10.0 Å². The molecule has 3 aromatic rings. The van der Waals surface area contributed by atoms with Crippen molar-refractivity contribution in [1.82, 2.24) is 14.8 Å². The summed E-state index contributed by atoms with van der Waals surface area (Å²) >= 11 is 16.8. The van der Waals surface area contributed by atoms with Crippen molar-refractivity contribution in [1.29, 1.82) is 0 Å². The third-order valence-electron chi connectivity index (χ3n) is 4.59. The number of ether oxygens (including phenoxy) is 1. The first kappa shape index (κ1) is 25.6. The first-order valence-corrected chi connectivity index (χ1v) is 12.6. The maximum Gasteiger partial charge on any atom is 0.234 e. The second kappa shape index (κ2) is 11.9. The van der Waals surface area contributed by atoms with Crippen LogP contribution in [0.5, 0.6) is 5.75 Å². The number of benzene rings is 2. The zero-order valence-electron chi connectivity index (χ0n) is 18.1. The van der Waals surface area contributed by atoms with E-state index in [2.05, 4.69) is 57.9 Å². The Balaban J connectivity index is 1.67. The Bertz CT molecular complexity index is 1150. The van der Waals surface area contributed by atoms with Gasteiger partial charge in [-0.05, 0) is 47.9 Å². The first-order valence-electron chi connectivity index (χ1n) is 10.1. The predicted molar refractivity (Wildman–Crippen MR) is 139 cm³/mol. The Kier molecular flexibility index (Phi) is 9.26. The van der Waals surface area contributed by atoms with E-state index in [1.807, 2.05) is 16.7 Å². The van der Waals surface area contributed by atoms with Crippen LogP contribution in [0, 0.1) is 0 Å². The lowest BCUT2D eigenvalue weighted by molar-refractivity contribution is -0.113. The van der Waals surface area contributed by atoms with E-state index in [1.54, 1.807) is 24.3 Å². The smallest absolute Gasteiger partial charge is 0.234 e. The molecule has 0 unspecified atom stereocenters. The van der Waals surface area contributed by atoms with Gasteiger partial charge in [-0.15, -0.1) is 16.8 Å². The van der Waals surface area contributed by atoms with Gasteiger partial charge in [-0.25, -0.2) is 0 Å². The Morgan fingerprint density at radius 2 is 2.06 bits per heavy atom. The van der Waals surface area contributed by atoms with E-state index < -0.39 is 0 Å². The Hall–Kier alpha value is -2.00. The number of carbonyl (C=O) groups is 1. The quantitative estimate of drug-likeness (QED) is 0.211. The molecule has 10 heteroatoms. The normalized spacial score (nSPS) is 11.0. The number of hydrogen-bond donors (Lipinski definition) is 1. The third-order valence-corrected chi connectivity index (χ3v) is 6.60. The molecule has 1 heterocycles. The maximum atomic E-state index is 12.4. The van der Waals surface area contributed by atoms with E-state index >= 15 is 0 Å². The largest absolute Gasteiger partial charge is 0.485 e. The number of nitrogens with zero attached hydrogens (tertiary/aromatic N) is 3. The topological polar surface area (TPSA) is 69.0 Å². The van der Waals surface area contributed by atoms with Crippen LogP contribution in [-0.4, -0.2) is 26.4 Å². The summed E-state index contributed by atoms with van der Waals surface area (Å²) in [5.41, 5.74) is 1.61. The molecule has 0 fully saturated rings. The molecule has 33 heavy (non-hydrogen) atoms. The summed E-state index contributed by atoms with van der Waals surface area (Å²) in [6.07, 6.45) is 1.75. The molecule has 0 aliphatic rings. The van der Waals surface area contributed by atoms with Gasteiger partial charge in [0.25, 0.3) is 0 Å². The number of anilines is 1. The summed E-state index contributed by atoms with van der Waals surface area (Å²) < 4.78 is 8.96. The van der Waals surface area contributed by atoms with Crippen molar-refractivity contribution in [2.45, 2.75) is 38.1 Å². The second-order valence-electron chi connectivity index (χ2n) is 7.38. The molecular weight excluding hydrogens is 547 g/mol. The van der Waals surface area contributed by atoms with E-state index in [0.29, 0.717) is 39.2 Å². The molecule has 3 rings (SSSR count). The van der Waals surface area contributed by atoms with Crippen LogP contribution in [0.1, 0.15) is 31.2 Å². The molecule has 2 aromatic carbocycles. The SMILES string of the molecule is C=CCn1c(COc2ccc(Br)cc2C(C)C)nnc1SCC(=O)Nc1ccc(Cl)cc1Cl. The van der Waals surface area contributed by atoms with Crippen LogP contribution in [0.4, 0.5) is 5.69 Å². The molecule has 0 aliphatic heterocycles. The number of hydrogen-bond acceptors (Lipinski definition) is 5. The molecule has 0 bridgehead atoms. The van der Waals surface area contributed by atoms with E-state index in [9.17, 15) is 4.79 Å². The molecule has 0 atom stereocenters. The Morgan fingerprint density at radius 3 is 2.76 bits per heavy atom. The van der Waals surface area contributed by atoms with Gasteiger partial charge >= 0.3 is 0 Å². The fourth-order valence-corrected chi connectivity index (χ4v) is 4.60. The summed E-state index contributed by atoms with van der Waals surface area (Å²) in [6, 6.07) is 10.9. The molecule has 6 nitrogen and oxygen atoms in total. The van der Waals surface area contributed by atoms with Gasteiger partial charge in [-0.1, -0.05) is 70.8 Å².